The van der Waals surface area contributed by atoms with Crippen LogP contribution in [-0.2, 0) is 4.79 Å². The van der Waals surface area contributed by atoms with Gasteiger partial charge in [0, 0.05) is 29.2 Å². The number of carbonyl (C=O) groups excluding carboxylic acids is 1. The van der Waals surface area contributed by atoms with Crippen LogP contribution in [0.5, 0.6) is 0 Å². The molecule has 0 radical (unpaired) electrons. The second kappa shape index (κ2) is 5.92. The van der Waals surface area contributed by atoms with Gasteiger partial charge in [-0.25, -0.2) is 0 Å². The predicted octanol–water partition coefficient (Wildman–Crippen LogP) is 1.27. The highest BCUT2D eigenvalue weighted by Gasteiger charge is 2.08. The maximum atomic E-state index is 11.6. The Morgan fingerprint density at radius 2 is 1.75 bits per heavy atom. The standard InChI is InChI=1S/C14H13N3O3/c1-9-2-3-10(6-15-9)11-4-5-12(16-7-11)14(20)17-8-13(18)19/h2-7H,8H2,1H3,(H,17,20)(H,18,19). The van der Waals surface area contributed by atoms with E-state index >= 15 is 0 Å². The number of hydrogen-bond donors (Lipinski definition) is 2. The first-order valence-electron chi connectivity index (χ1n) is 5.95. The van der Waals surface area contributed by atoms with E-state index in [1.807, 2.05) is 19.1 Å². The van der Waals surface area contributed by atoms with Gasteiger partial charge in [-0.05, 0) is 19.1 Å². The van der Waals surface area contributed by atoms with Gasteiger partial charge in [0.1, 0.15) is 12.2 Å². The molecule has 0 aromatic carbocycles. The van der Waals surface area contributed by atoms with Crippen molar-refractivity contribution in [2.75, 3.05) is 6.54 Å². The van der Waals surface area contributed by atoms with Crippen molar-refractivity contribution in [1.82, 2.24) is 15.3 Å². The average Bonchev–Trinajstić information content (AvgIpc) is 2.46. The zero-order chi connectivity index (χ0) is 14.5. The van der Waals surface area contributed by atoms with Crippen LogP contribution in [0.15, 0.2) is 36.7 Å². The van der Waals surface area contributed by atoms with Crippen molar-refractivity contribution in [2.24, 2.45) is 0 Å². The smallest absolute Gasteiger partial charge is 0.322 e. The number of carboxylic acid groups (broad SMARTS) is 1. The molecule has 2 N–H and O–H groups in total. The van der Waals surface area contributed by atoms with E-state index in [1.165, 1.54) is 0 Å². The number of rotatable bonds is 4. The molecule has 2 heterocycles. The van der Waals surface area contributed by atoms with Crippen molar-refractivity contribution in [1.29, 1.82) is 0 Å². The van der Waals surface area contributed by atoms with Crippen LogP contribution in [-0.4, -0.2) is 33.5 Å². The average molecular weight is 271 g/mol. The molecule has 0 aliphatic carbocycles. The van der Waals surface area contributed by atoms with E-state index in [1.54, 1.807) is 24.5 Å². The van der Waals surface area contributed by atoms with E-state index in [2.05, 4.69) is 15.3 Å². The topological polar surface area (TPSA) is 92.2 Å². The summed E-state index contributed by atoms with van der Waals surface area (Å²) < 4.78 is 0. The number of nitrogens with one attached hydrogen (secondary N) is 1. The van der Waals surface area contributed by atoms with Gasteiger partial charge in [0.25, 0.3) is 5.91 Å². The molecule has 0 saturated carbocycles. The molecule has 0 unspecified atom stereocenters. The quantitative estimate of drug-likeness (QED) is 0.873. The lowest BCUT2D eigenvalue weighted by Gasteiger charge is -2.04. The van der Waals surface area contributed by atoms with Crippen LogP contribution in [0.2, 0.25) is 0 Å². The molecule has 0 aliphatic rings. The van der Waals surface area contributed by atoms with Crippen LogP contribution >= 0.6 is 0 Å². The maximum Gasteiger partial charge on any atom is 0.322 e. The lowest BCUT2D eigenvalue weighted by molar-refractivity contribution is -0.135. The van der Waals surface area contributed by atoms with Gasteiger partial charge in [-0.3, -0.25) is 19.6 Å². The summed E-state index contributed by atoms with van der Waals surface area (Å²) >= 11 is 0. The number of nitrogens with zero attached hydrogens (tertiary/aromatic N) is 2. The number of carbonyl (C=O) groups is 2. The maximum absolute atomic E-state index is 11.6. The summed E-state index contributed by atoms with van der Waals surface area (Å²) in [5, 5.41) is 10.7. The molecule has 102 valence electrons. The number of hydrogen-bond acceptors (Lipinski definition) is 4. The van der Waals surface area contributed by atoms with Crippen molar-refractivity contribution < 1.29 is 14.7 Å². The van der Waals surface area contributed by atoms with Crippen molar-refractivity contribution in [3.63, 3.8) is 0 Å². The third-order valence-electron chi connectivity index (χ3n) is 2.64. The molecular formula is C14H13N3O3. The fourth-order valence-corrected chi connectivity index (χ4v) is 1.58. The molecule has 2 aromatic heterocycles. The Morgan fingerprint density at radius 1 is 1.10 bits per heavy atom. The Balaban J connectivity index is 2.11. The molecule has 6 heteroatoms. The molecule has 0 saturated heterocycles. The molecule has 0 atom stereocenters. The van der Waals surface area contributed by atoms with Gasteiger partial charge in [-0.15, -0.1) is 0 Å². The SMILES string of the molecule is Cc1ccc(-c2ccc(C(=O)NCC(=O)O)nc2)cn1. The lowest BCUT2D eigenvalue weighted by Crippen LogP contribution is -2.29. The molecule has 2 aromatic rings. The van der Waals surface area contributed by atoms with Crippen LogP contribution < -0.4 is 5.32 Å². The Hall–Kier alpha value is -2.76. The Bertz CT molecular complexity index is 621. The summed E-state index contributed by atoms with van der Waals surface area (Å²) in [6.45, 7) is 1.47. The Kier molecular flexibility index (Phi) is 4.05. The number of amides is 1. The fraction of sp³-hybridized carbons (Fsp3) is 0.143. The summed E-state index contributed by atoms with van der Waals surface area (Å²) in [6, 6.07) is 7.10. The van der Waals surface area contributed by atoms with Crippen LogP contribution in [0.1, 0.15) is 16.2 Å². The number of aromatic nitrogens is 2. The summed E-state index contributed by atoms with van der Waals surface area (Å²) in [7, 11) is 0. The van der Waals surface area contributed by atoms with Crippen LogP contribution in [0, 0.1) is 6.92 Å². The predicted molar refractivity (Wildman–Crippen MR) is 72.2 cm³/mol. The summed E-state index contributed by atoms with van der Waals surface area (Å²) in [6.07, 6.45) is 3.29. The molecule has 6 nitrogen and oxygen atoms in total. The van der Waals surface area contributed by atoms with Crippen molar-refractivity contribution >= 4 is 11.9 Å². The minimum Gasteiger partial charge on any atom is -0.480 e. The van der Waals surface area contributed by atoms with Gasteiger partial charge < -0.3 is 10.4 Å². The van der Waals surface area contributed by atoms with E-state index in [0.29, 0.717) is 0 Å². The van der Waals surface area contributed by atoms with Gasteiger partial charge in [-0.1, -0.05) is 12.1 Å². The fourth-order valence-electron chi connectivity index (χ4n) is 1.58. The van der Waals surface area contributed by atoms with E-state index < -0.39 is 18.4 Å². The number of aryl methyl sites for hydroxylation is 1. The number of carboxylic acids is 1. The van der Waals surface area contributed by atoms with E-state index in [-0.39, 0.29) is 5.69 Å². The van der Waals surface area contributed by atoms with Crippen LogP contribution in [0.3, 0.4) is 0 Å². The zero-order valence-electron chi connectivity index (χ0n) is 10.8. The van der Waals surface area contributed by atoms with Crippen molar-refractivity contribution in [2.45, 2.75) is 6.92 Å². The first-order chi connectivity index (χ1) is 9.56. The minimum absolute atomic E-state index is 0.176. The lowest BCUT2D eigenvalue weighted by atomic mass is 10.1. The van der Waals surface area contributed by atoms with Gasteiger partial charge in [0.05, 0.1) is 0 Å². The Labute approximate surface area is 115 Å². The molecule has 0 spiro atoms. The van der Waals surface area contributed by atoms with Crippen molar-refractivity contribution in [3.05, 3.63) is 48.0 Å². The number of aliphatic carboxylic acids is 1. The summed E-state index contributed by atoms with van der Waals surface area (Å²) in [5.74, 6) is -1.61. The van der Waals surface area contributed by atoms with Crippen LogP contribution in [0.4, 0.5) is 0 Å². The van der Waals surface area contributed by atoms with Gasteiger partial charge in [-0.2, -0.15) is 0 Å². The number of pyridine rings is 2. The monoisotopic (exact) mass is 271 g/mol. The highest BCUT2D eigenvalue weighted by molar-refractivity contribution is 5.94. The van der Waals surface area contributed by atoms with E-state index in [0.717, 1.165) is 16.8 Å². The zero-order valence-corrected chi connectivity index (χ0v) is 10.8. The summed E-state index contributed by atoms with van der Waals surface area (Å²) in [5.41, 5.74) is 2.84. The highest BCUT2D eigenvalue weighted by atomic mass is 16.4. The highest BCUT2D eigenvalue weighted by Crippen LogP contribution is 2.17. The third-order valence-corrected chi connectivity index (χ3v) is 2.64. The largest absolute Gasteiger partial charge is 0.480 e. The molecular weight excluding hydrogens is 258 g/mol. The van der Waals surface area contributed by atoms with Crippen LogP contribution in [0.25, 0.3) is 11.1 Å². The van der Waals surface area contributed by atoms with E-state index in [4.69, 9.17) is 5.11 Å². The molecule has 0 bridgehead atoms. The first-order valence-corrected chi connectivity index (χ1v) is 5.95. The normalized spacial score (nSPS) is 10.1. The van der Waals surface area contributed by atoms with Crippen molar-refractivity contribution in [3.8, 4) is 11.1 Å². The first kappa shape index (κ1) is 13.7. The van der Waals surface area contributed by atoms with Gasteiger partial charge in [0.15, 0.2) is 0 Å². The molecule has 0 aliphatic heterocycles. The summed E-state index contributed by atoms with van der Waals surface area (Å²) in [4.78, 5) is 30.2. The second-order valence-electron chi connectivity index (χ2n) is 4.20. The Morgan fingerprint density at radius 3 is 2.25 bits per heavy atom. The molecule has 2 rings (SSSR count). The molecule has 1 amide bonds. The second-order valence-corrected chi connectivity index (χ2v) is 4.20. The third kappa shape index (κ3) is 3.38. The van der Waals surface area contributed by atoms with Gasteiger partial charge >= 0.3 is 5.97 Å². The molecule has 0 fully saturated rings. The molecule has 20 heavy (non-hydrogen) atoms. The van der Waals surface area contributed by atoms with E-state index in [9.17, 15) is 9.59 Å². The van der Waals surface area contributed by atoms with Gasteiger partial charge in [0.2, 0.25) is 0 Å². The minimum atomic E-state index is -1.10.